The number of aliphatic carboxylic acids is 3. The van der Waals surface area contributed by atoms with E-state index in [0.717, 1.165) is 0 Å². The van der Waals surface area contributed by atoms with Crippen LogP contribution in [0.15, 0.2) is 0 Å². The molecule has 0 aliphatic heterocycles. The molecule has 0 saturated carbocycles. The third-order valence-electron chi connectivity index (χ3n) is 0. The van der Waals surface area contributed by atoms with E-state index in [-0.39, 0.29) is 0 Å². The molecule has 0 aliphatic rings. The Morgan fingerprint density at radius 3 is 0.786 bits per heavy atom. The molecule has 82 valence electrons. The maximum absolute atomic E-state index is 8.89. The summed E-state index contributed by atoms with van der Waals surface area (Å²) in [6.07, 6.45) is 0. The van der Waals surface area contributed by atoms with Crippen LogP contribution in [0.3, 0.4) is 0 Å². The van der Waals surface area contributed by atoms with E-state index in [1.165, 1.54) is 17.1 Å². The number of hydrogen-bond donors (Lipinski definition) is 3. The molecule has 8 heteroatoms. The molecule has 0 saturated heterocycles. The topological polar surface area (TPSA) is 136 Å². The third-order valence-corrected chi connectivity index (χ3v) is 0. The van der Waals surface area contributed by atoms with Gasteiger partial charge >= 0.3 is 21.1 Å². The second-order valence-electron chi connectivity index (χ2n) is 1.18. The molecule has 14 heavy (non-hydrogen) atoms. The normalized spacial score (nSPS) is 5.29. The van der Waals surface area contributed by atoms with Crippen LogP contribution in [0.25, 0.3) is 0 Å². The van der Waals surface area contributed by atoms with E-state index in [9.17, 15) is 0 Å². The van der Waals surface area contributed by atoms with Crippen LogP contribution in [-0.4, -0.2) is 33.2 Å². The predicted octanol–water partition coefficient (Wildman–Crippen LogP) is -0.272. The van der Waals surface area contributed by atoms with Gasteiger partial charge in [0.1, 0.15) is 0 Å². The molecular formula is C6H9NO6V-3. The average molecular weight is 242 g/mol. The number of carbonyl (C=O) groups is 3. The zero-order valence-corrected chi connectivity index (χ0v) is 8.48. The molecule has 0 aromatic heterocycles. The molecule has 0 spiro atoms. The quantitative estimate of drug-likeness (QED) is 0.497. The molecule has 0 amide bonds. The van der Waals surface area contributed by atoms with E-state index in [1.807, 2.05) is 0 Å². The molecule has 0 aromatic carbocycles. The van der Waals surface area contributed by atoms with E-state index in [4.69, 9.17) is 33.7 Å². The van der Waals surface area contributed by atoms with Gasteiger partial charge in [0.25, 0.3) is 0 Å². The molecule has 0 rings (SSSR count). The molecule has 7 nitrogen and oxygen atoms in total. The molecule has 0 heterocycles. The molecule has 3 N–H and O–H groups in total. The first-order chi connectivity index (χ1) is 6.20. The summed E-state index contributed by atoms with van der Waals surface area (Å²) < 4.78 is 6.94. The Kier molecular flexibility index (Phi) is 36.6. The third kappa shape index (κ3) is 315. The van der Waals surface area contributed by atoms with Gasteiger partial charge in [0, 0.05) is 0 Å². The Bertz CT molecular complexity index is 149. The van der Waals surface area contributed by atoms with Gasteiger partial charge in [-0.1, -0.05) is 0 Å². The van der Waals surface area contributed by atoms with Gasteiger partial charge in [0.15, 0.2) is 17.9 Å². The number of carboxylic acids is 3. The fourth-order valence-corrected chi connectivity index (χ4v) is 0. The zero-order chi connectivity index (χ0) is 12.7. The maximum atomic E-state index is 8.89. The van der Waals surface area contributed by atoms with E-state index in [2.05, 4.69) is 20.8 Å². The van der Waals surface area contributed by atoms with Gasteiger partial charge in [0.2, 0.25) is 0 Å². The van der Waals surface area contributed by atoms with Gasteiger partial charge in [-0.25, -0.2) is 0 Å². The van der Waals surface area contributed by atoms with Crippen LogP contribution in [-0.2, 0) is 31.4 Å². The first-order valence-corrected chi connectivity index (χ1v) is 3.17. The Balaban J connectivity index is -0.0000000492. The number of hydrogen-bond acceptors (Lipinski definition) is 4. The predicted molar refractivity (Wildman–Crippen MR) is 40.7 cm³/mol. The average Bonchev–Trinajstić information content (AvgIpc) is 1.86. The Morgan fingerprint density at radius 1 is 0.786 bits per heavy atom. The SMILES string of the molecule is [CH2-]C(=O)O.[CH2-]C(=O)O.[CH2-]C(=O)O.[N]#[V]. The molecule has 0 bridgehead atoms. The van der Waals surface area contributed by atoms with Crippen LogP contribution in [0.5, 0.6) is 0 Å². The molecule has 0 fully saturated rings. The summed E-state index contributed by atoms with van der Waals surface area (Å²) in [6, 6.07) is 0. The van der Waals surface area contributed by atoms with Crippen molar-refractivity contribution in [1.82, 2.24) is 0 Å². The first kappa shape index (κ1) is 22.8. The van der Waals surface area contributed by atoms with Crippen LogP contribution in [0, 0.1) is 24.8 Å². The van der Waals surface area contributed by atoms with Gasteiger partial charge in [-0.2, -0.15) is 0 Å². The number of nitrogens with zero attached hydrogens (tertiary/aromatic N) is 1. The summed E-state index contributed by atoms with van der Waals surface area (Å²) >= 11 is 1.31. The van der Waals surface area contributed by atoms with Crippen molar-refractivity contribution in [3.63, 3.8) is 0 Å². The standard InChI is InChI=1S/3C2H3O2.N.V/c3*1-2(3)4;;/h3*1H2,(H,3,4);;/q3*-1;;. The summed E-state index contributed by atoms with van der Waals surface area (Å²) in [5, 5.41) is 21.9. The zero-order valence-electron chi connectivity index (χ0n) is 7.08. The van der Waals surface area contributed by atoms with Crippen molar-refractivity contribution in [2.45, 2.75) is 0 Å². The van der Waals surface area contributed by atoms with Crippen molar-refractivity contribution < 1.29 is 46.8 Å². The van der Waals surface area contributed by atoms with Crippen molar-refractivity contribution in [3.8, 4) is 0 Å². The van der Waals surface area contributed by atoms with Crippen molar-refractivity contribution >= 4 is 17.9 Å². The molecule has 0 unspecified atom stereocenters. The summed E-state index contributed by atoms with van der Waals surface area (Å²) in [4.78, 5) is 26.7. The van der Waals surface area contributed by atoms with Crippen LogP contribution in [0.4, 0.5) is 0 Å². The van der Waals surface area contributed by atoms with Crippen LogP contribution in [0.2, 0.25) is 0 Å². The Morgan fingerprint density at radius 2 is 0.786 bits per heavy atom. The minimum absolute atomic E-state index is 1.08. The van der Waals surface area contributed by atoms with Gasteiger partial charge < -0.3 is 15.3 Å². The second kappa shape index (κ2) is 22.5. The first-order valence-electron chi connectivity index (χ1n) is 2.54. The van der Waals surface area contributed by atoms with Crippen LogP contribution >= 0.6 is 0 Å². The summed E-state index contributed by atoms with van der Waals surface area (Å²) in [7, 11) is 0. The number of carboxylic acid groups (broad SMARTS) is 3. The van der Waals surface area contributed by atoms with Crippen LogP contribution < -0.4 is 0 Å². The molecule has 0 aliphatic carbocycles. The van der Waals surface area contributed by atoms with Gasteiger partial charge in [-0.15, -0.1) is 0 Å². The van der Waals surface area contributed by atoms with Gasteiger partial charge in [-0.05, 0) is 0 Å². The molecule has 0 aromatic rings. The van der Waals surface area contributed by atoms with Crippen molar-refractivity contribution in [2.24, 2.45) is 0 Å². The summed E-state index contributed by atoms with van der Waals surface area (Å²) in [5.74, 6) is -3.25. The number of rotatable bonds is 0. The van der Waals surface area contributed by atoms with Crippen LogP contribution in [0.1, 0.15) is 0 Å². The van der Waals surface area contributed by atoms with Crippen molar-refractivity contribution in [3.05, 3.63) is 20.8 Å². The molecular weight excluding hydrogens is 233 g/mol. The van der Waals surface area contributed by atoms with E-state index < -0.39 is 17.9 Å². The molecule has 0 radical (unpaired) electrons. The van der Waals surface area contributed by atoms with E-state index in [0.29, 0.717) is 0 Å². The fourth-order valence-electron chi connectivity index (χ4n) is 0. The second-order valence-corrected chi connectivity index (χ2v) is 1.18. The fraction of sp³-hybridized carbons (Fsp3) is 0. The Labute approximate surface area is 90.0 Å². The van der Waals surface area contributed by atoms with E-state index in [1.54, 1.807) is 0 Å². The van der Waals surface area contributed by atoms with E-state index >= 15 is 0 Å². The van der Waals surface area contributed by atoms with Gasteiger partial charge in [0.05, 0.1) is 0 Å². The van der Waals surface area contributed by atoms with Crippen molar-refractivity contribution in [2.75, 3.05) is 0 Å². The molecule has 0 atom stereocenters. The van der Waals surface area contributed by atoms with Crippen molar-refractivity contribution in [1.29, 1.82) is 4.03 Å². The van der Waals surface area contributed by atoms with Gasteiger partial charge in [-0.3, -0.25) is 35.2 Å². The Hall–Kier alpha value is -1.69. The minimum atomic E-state index is -1.08. The summed E-state index contributed by atoms with van der Waals surface area (Å²) in [5.41, 5.74) is 0. The monoisotopic (exact) mass is 242 g/mol. The summed E-state index contributed by atoms with van der Waals surface area (Å²) in [6.45, 7) is 7.67.